The quantitative estimate of drug-likeness (QED) is 0.819. The molecule has 0 spiro atoms. The van der Waals surface area contributed by atoms with E-state index in [1.807, 2.05) is 31.2 Å². The van der Waals surface area contributed by atoms with Gasteiger partial charge in [0.15, 0.2) is 5.76 Å². The number of aryl methyl sites for hydroxylation is 1. The van der Waals surface area contributed by atoms with Gasteiger partial charge in [0, 0.05) is 23.6 Å². The molecule has 24 heavy (non-hydrogen) atoms. The molecule has 1 saturated carbocycles. The smallest absolute Gasteiger partial charge is 0.315 e. The molecule has 1 fully saturated rings. The van der Waals surface area contributed by atoms with Crippen molar-refractivity contribution in [2.45, 2.75) is 38.1 Å². The molecule has 6 nitrogen and oxygen atoms in total. The third-order valence-corrected chi connectivity index (χ3v) is 4.51. The minimum absolute atomic E-state index is 0.00837. The Morgan fingerprint density at radius 2 is 2.12 bits per heavy atom. The van der Waals surface area contributed by atoms with Gasteiger partial charge in [0.05, 0.1) is 19.3 Å². The molecule has 0 unspecified atom stereocenters. The first kappa shape index (κ1) is 16.4. The van der Waals surface area contributed by atoms with Crippen LogP contribution in [0.1, 0.15) is 36.8 Å². The summed E-state index contributed by atoms with van der Waals surface area (Å²) in [4.78, 5) is 12.0. The van der Waals surface area contributed by atoms with E-state index in [-0.39, 0.29) is 11.4 Å². The zero-order chi connectivity index (χ0) is 17.0. The molecule has 2 N–H and O–H groups in total. The lowest BCUT2D eigenvalue weighted by Gasteiger charge is -2.19. The number of ether oxygens (including phenoxy) is 1. The zero-order valence-electron chi connectivity index (χ0n) is 14.1. The molecule has 0 aliphatic heterocycles. The third kappa shape index (κ3) is 3.53. The number of para-hydroxylation sites is 1. The van der Waals surface area contributed by atoms with E-state index in [4.69, 9.17) is 9.26 Å². The first-order valence-electron chi connectivity index (χ1n) is 8.26. The number of nitrogens with one attached hydrogen (secondary N) is 2. The van der Waals surface area contributed by atoms with Gasteiger partial charge in [0.1, 0.15) is 5.75 Å². The molecule has 1 aliphatic rings. The van der Waals surface area contributed by atoms with E-state index in [9.17, 15) is 4.79 Å². The summed E-state index contributed by atoms with van der Waals surface area (Å²) in [6, 6.07) is 9.66. The van der Waals surface area contributed by atoms with Gasteiger partial charge < -0.3 is 19.9 Å². The van der Waals surface area contributed by atoms with Crippen LogP contribution in [0.2, 0.25) is 0 Å². The highest BCUT2D eigenvalue weighted by Gasteiger charge is 2.46. The Morgan fingerprint density at radius 3 is 2.79 bits per heavy atom. The number of methoxy groups -OCH3 is 1. The van der Waals surface area contributed by atoms with Gasteiger partial charge >= 0.3 is 6.03 Å². The van der Waals surface area contributed by atoms with E-state index < -0.39 is 0 Å². The number of benzene rings is 1. The van der Waals surface area contributed by atoms with Gasteiger partial charge in [-0.3, -0.25) is 0 Å². The van der Waals surface area contributed by atoms with Crippen molar-refractivity contribution in [2.24, 2.45) is 0 Å². The lowest BCUT2D eigenvalue weighted by atomic mass is 9.95. The molecule has 1 aliphatic carbocycles. The van der Waals surface area contributed by atoms with Crippen LogP contribution in [0.15, 0.2) is 34.9 Å². The molecular formula is C18H23N3O3. The summed E-state index contributed by atoms with van der Waals surface area (Å²) >= 11 is 0. The van der Waals surface area contributed by atoms with Crippen molar-refractivity contribution >= 4 is 6.03 Å². The first-order valence-corrected chi connectivity index (χ1v) is 8.26. The monoisotopic (exact) mass is 329 g/mol. The average molecular weight is 329 g/mol. The van der Waals surface area contributed by atoms with Gasteiger partial charge in [0.25, 0.3) is 0 Å². The Morgan fingerprint density at radius 1 is 1.33 bits per heavy atom. The molecule has 1 aromatic heterocycles. The van der Waals surface area contributed by atoms with Crippen LogP contribution in [-0.4, -0.2) is 24.8 Å². The maximum Gasteiger partial charge on any atom is 0.315 e. The third-order valence-electron chi connectivity index (χ3n) is 4.51. The molecule has 6 heteroatoms. The maximum atomic E-state index is 12.0. The highest BCUT2D eigenvalue weighted by atomic mass is 16.5. The Balaban J connectivity index is 1.52. The number of rotatable bonds is 7. The number of hydrogen-bond acceptors (Lipinski definition) is 4. The summed E-state index contributed by atoms with van der Waals surface area (Å²) in [5, 5.41) is 9.67. The second-order valence-corrected chi connectivity index (χ2v) is 6.15. The number of nitrogens with zero attached hydrogens (tertiary/aromatic N) is 1. The fourth-order valence-electron chi connectivity index (χ4n) is 2.86. The molecule has 1 heterocycles. The molecular weight excluding hydrogens is 306 g/mol. The summed E-state index contributed by atoms with van der Waals surface area (Å²) in [6.45, 7) is 2.94. The average Bonchev–Trinajstić information content (AvgIpc) is 3.27. The molecule has 2 aromatic rings. The van der Waals surface area contributed by atoms with Gasteiger partial charge in [-0.25, -0.2) is 4.79 Å². The molecule has 1 aromatic carbocycles. The SMILES string of the molecule is CCc1cc(CNC(=O)NCC2(c3ccccc3OC)CC2)on1. The summed E-state index contributed by atoms with van der Waals surface area (Å²) in [5.41, 5.74) is 2.04. The summed E-state index contributed by atoms with van der Waals surface area (Å²) in [5.74, 6) is 1.54. The molecule has 0 atom stereocenters. The lowest BCUT2D eigenvalue weighted by Crippen LogP contribution is -2.39. The Labute approximate surface area is 141 Å². The van der Waals surface area contributed by atoms with E-state index in [0.717, 1.165) is 36.3 Å². The van der Waals surface area contributed by atoms with E-state index in [2.05, 4.69) is 21.9 Å². The van der Waals surface area contributed by atoms with Crippen molar-refractivity contribution < 1.29 is 14.1 Å². The summed E-state index contributed by atoms with van der Waals surface area (Å²) in [7, 11) is 1.68. The van der Waals surface area contributed by atoms with Crippen molar-refractivity contribution in [3.05, 3.63) is 47.3 Å². The highest BCUT2D eigenvalue weighted by Crippen LogP contribution is 2.50. The number of hydrogen-bond donors (Lipinski definition) is 2. The highest BCUT2D eigenvalue weighted by molar-refractivity contribution is 5.74. The number of carbonyl (C=O) groups excluding carboxylic acids is 1. The van der Waals surface area contributed by atoms with Crippen LogP contribution >= 0.6 is 0 Å². The molecule has 2 amide bonds. The number of carbonyl (C=O) groups is 1. The molecule has 0 bridgehead atoms. The van der Waals surface area contributed by atoms with Gasteiger partial charge in [-0.1, -0.05) is 30.3 Å². The Kier molecular flexibility index (Phi) is 4.74. The van der Waals surface area contributed by atoms with E-state index in [1.165, 1.54) is 0 Å². The molecule has 0 saturated heterocycles. The molecule has 128 valence electrons. The summed E-state index contributed by atoms with van der Waals surface area (Å²) < 4.78 is 10.6. The molecule has 3 rings (SSSR count). The van der Waals surface area contributed by atoms with Crippen molar-refractivity contribution in [1.29, 1.82) is 0 Å². The van der Waals surface area contributed by atoms with Gasteiger partial charge in [-0.2, -0.15) is 0 Å². The second kappa shape index (κ2) is 6.95. The maximum absolute atomic E-state index is 12.0. The standard InChI is InChI=1S/C18H23N3O3/c1-3-13-10-14(24-21-13)11-19-17(22)20-12-18(8-9-18)15-6-4-5-7-16(15)23-2/h4-7,10H,3,8-9,11-12H2,1-2H3,(H2,19,20,22). The van der Waals surface area contributed by atoms with E-state index in [1.54, 1.807) is 7.11 Å². The Hall–Kier alpha value is -2.50. The lowest BCUT2D eigenvalue weighted by molar-refractivity contribution is 0.237. The minimum atomic E-state index is -0.203. The number of aromatic nitrogens is 1. The zero-order valence-corrected chi connectivity index (χ0v) is 14.1. The van der Waals surface area contributed by atoms with Crippen LogP contribution in [0.25, 0.3) is 0 Å². The summed E-state index contributed by atoms with van der Waals surface area (Å²) in [6.07, 6.45) is 2.92. The fraction of sp³-hybridized carbons (Fsp3) is 0.444. The largest absolute Gasteiger partial charge is 0.496 e. The number of urea groups is 1. The van der Waals surface area contributed by atoms with Crippen LogP contribution < -0.4 is 15.4 Å². The van der Waals surface area contributed by atoms with Crippen LogP contribution in [0.5, 0.6) is 5.75 Å². The van der Waals surface area contributed by atoms with Crippen LogP contribution in [0.4, 0.5) is 4.79 Å². The van der Waals surface area contributed by atoms with Crippen molar-refractivity contribution in [2.75, 3.05) is 13.7 Å². The van der Waals surface area contributed by atoms with Crippen LogP contribution in [0, 0.1) is 0 Å². The number of amides is 2. The minimum Gasteiger partial charge on any atom is -0.496 e. The Bertz CT molecular complexity index is 707. The van der Waals surface area contributed by atoms with Crippen molar-refractivity contribution in [3.63, 3.8) is 0 Å². The normalized spacial score (nSPS) is 14.9. The van der Waals surface area contributed by atoms with Gasteiger partial charge in [0.2, 0.25) is 0 Å². The van der Waals surface area contributed by atoms with Gasteiger partial charge in [-0.05, 0) is 25.3 Å². The molecule has 0 radical (unpaired) electrons. The van der Waals surface area contributed by atoms with Crippen LogP contribution in [0.3, 0.4) is 0 Å². The van der Waals surface area contributed by atoms with E-state index in [0.29, 0.717) is 18.8 Å². The second-order valence-electron chi connectivity index (χ2n) is 6.15. The van der Waals surface area contributed by atoms with Crippen molar-refractivity contribution in [3.8, 4) is 5.75 Å². The first-order chi connectivity index (χ1) is 11.7. The fourth-order valence-corrected chi connectivity index (χ4v) is 2.86. The topological polar surface area (TPSA) is 76.4 Å². The van der Waals surface area contributed by atoms with Crippen LogP contribution in [-0.2, 0) is 18.4 Å². The van der Waals surface area contributed by atoms with Crippen molar-refractivity contribution in [1.82, 2.24) is 15.8 Å². The predicted molar refractivity (Wildman–Crippen MR) is 90.0 cm³/mol. The van der Waals surface area contributed by atoms with E-state index >= 15 is 0 Å². The van der Waals surface area contributed by atoms with Gasteiger partial charge in [-0.15, -0.1) is 0 Å². The predicted octanol–water partition coefficient (Wildman–Crippen LogP) is 2.78.